The normalized spacial score (nSPS) is 10.6. The summed E-state index contributed by atoms with van der Waals surface area (Å²) in [5, 5.41) is 3.95. The molecule has 0 aromatic heterocycles. The van der Waals surface area contributed by atoms with Gasteiger partial charge in [-0.25, -0.2) is 15.0 Å². The fraction of sp³-hybridized carbons (Fsp3) is 0.0667. The smallest absolute Gasteiger partial charge is 0.343 e. The van der Waals surface area contributed by atoms with Gasteiger partial charge in [-0.15, -0.1) is 0 Å². The van der Waals surface area contributed by atoms with Gasteiger partial charge in [0, 0.05) is 11.6 Å². The standard InChI is InChI=1S/C30H24N2O6/c1-21-9-8-14-25(17-21)36-20-28(33)32-31-19-24-15-16-26(37-29(34)22-10-4-2-5-11-22)18-27(24)38-30(35)23-12-6-3-7-13-23/h2-19H,20H2,1H3,(H,32,33). The fourth-order valence-corrected chi connectivity index (χ4v) is 3.31. The van der Waals surface area contributed by atoms with Gasteiger partial charge in [-0.1, -0.05) is 48.5 Å². The summed E-state index contributed by atoms with van der Waals surface area (Å²) in [6.45, 7) is 1.69. The van der Waals surface area contributed by atoms with Crippen LogP contribution in [0, 0.1) is 6.92 Å². The second-order valence-corrected chi connectivity index (χ2v) is 8.11. The first-order valence-electron chi connectivity index (χ1n) is 11.7. The van der Waals surface area contributed by atoms with Crippen LogP contribution in [-0.2, 0) is 4.79 Å². The highest BCUT2D eigenvalue weighted by Crippen LogP contribution is 2.26. The largest absolute Gasteiger partial charge is 0.484 e. The number of esters is 2. The van der Waals surface area contributed by atoms with Crippen LogP contribution in [0.15, 0.2) is 108 Å². The topological polar surface area (TPSA) is 103 Å². The van der Waals surface area contributed by atoms with Crippen LogP contribution in [0.3, 0.4) is 0 Å². The van der Waals surface area contributed by atoms with Crippen LogP contribution < -0.4 is 19.6 Å². The Morgan fingerprint density at radius 2 is 1.39 bits per heavy atom. The molecule has 8 nitrogen and oxygen atoms in total. The Bertz CT molecular complexity index is 1450. The second kappa shape index (κ2) is 12.6. The molecule has 0 aliphatic rings. The molecule has 0 bridgehead atoms. The van der Waals surface area contributed by atoms with Crippen molar-refractivity contribution in [2.24, 2.45) is 5.10 Å². The molecule has 1 amide bonds. The Hall–Kier alpha value is -5.24. The van der Waals surface area contributed by atoms with Gasteiger partial charge in [0.2, 0.25) is 0 Å². The van der Waals surface area contributed by atoms with E-state index < -0.39 is 17.8 Å². The van der Waals surface area contributed by atoms with Gasteiger partial charge in [0.25, 0.3) is 5.91 Å². The summed E-state index contributed by atoms with van der Waals surface area (Å²) in [6, 6.07) is 28.8. The van der Waals surface area contributed by atoms with Crippen LogP contribution in [-0.4, -0.2) is 30.7 Å². The predicted molar refractivity (Wildman–Crippen MR) is 142 cm³/mol. The third kappa shape index (κ3) is 7.38. The van der Waals surface area contributed by atoms with Crippen LogP contribution >= 0.6 is 0 Å². The third-order valence-corrected chi connectivity index (χ3v) is 5.17. The van der Waals surface area contributed by atoms with E-state index in [1.807, 2.05) is 25.1 Å². The van der Waals surface area contributed by atoms with Crippen LogP contribution in [0.1, 0.15) is 31.8 Å². The van der Waals surface area contributed by atoms with Crippen LogP contribution in [0.2, 0.25) is 0 Å². The molecule has 38 heavy (non-hydrogen) atoms. The summed E-state index contributed by atoms with van der Waals surface area (Å²) in [5.74, 6) is -0.817. The lowest BCUT2D eigenvalue weighted by Gasteiger charge is -2.11. The molecule has 4 aromatic carbocycles. The molecule has 0 aliphatic heterocycles. The first-order chi connectivity index (χ1) is 18.5. The lowest BCUT2D eigenvalue weighted by atomic mass is 10.2. The number of carbonyl (C=O) groups excluding carboxylic acids is 3. The number of carbonyl (C=O) groups is 3. The SMILES string of the molecule is Cc1cccc(OCC(=O)NN=Cc2ccc(OC(=O)c3ccccc3)cc2OC(=O)c2ccccc2)c1. The molecule has 8 heteroatoms. The van der Waals surface area contributed by atoms with Crippen molar-refractivity contribution < 1.29 is 28.6 Å². The lowest BCUT2D eigenvalue weighted by molar-refractivity contribution is -0.123. The number of rotatable bonds is 9. The minimum Gasteiger partial charge on any atom is -0.484 e. The molecule has 0 spiro atoms. The summed E-state index contributed by atoms with van der Waals surface area (Å²) in [6.07, 6.45) is 1.32. The van der Waals surface area contributed by atoms with Crippen molar-refractivity contribution in [2.45, 2.75) is 6.92 Å². The number of hydrazone groups is 1. The Labute approximate surface area is 219 Å². The van der Waals surface area contributed by atoms with E-state index in [2.05, 4.69) is 10.5 Å². The zero-order chi connectivity index (χ0) is 26.7. The monoisotopic (exact) mass is 508 g/mol. The highest BCUT2D eigenvalue weighted by atomic mass is 16.5. The molecular formula is C30H24N2O6. The zero-order valence-electron chi connectivity index (χ0n) is 20.5. The van der Waals surface area contributed by atoms with Crippen molar-refractivity contribution in [1.29, 1.82) is 0 Å². The first-order valence-corrected chi connectivity index (χ1v) is 11.7. The van der Waals surface area contributed by atoms with Crippen LogP contribution in [0.5, 0.6) is 17.2 Å². The fourth-order valence-electron chi connectivity index (χ4n) is 3.31. The van der Waals surface area contributed by atoms with Crippen molar-refractivity contribution in [3.63, 3.8) is 0 Å². The Balaban J connectivity index is 1.47. The van der Waals surface area contributed by atoms with E-state index in [1.165, 1.54) is 18.3 Å². The van der Waals surface area contributed by atoms with Gasteiger partial charge in [-0.2, -0.15) is 5.10 Å². The van der Waals surface area contributed by atoms with Gasteiger partial charge in [-0.05, 0) is 61.0 Å². The maximum atomic E-state index is 12.7. The molecule has 0 radical (unpaired) electrons. The van der Waals surface area contributed by atoms with Crippen molar-refractivity contribution in [3.05, 3.63) is 125 Å². The van der Waals surface area contributed by atoms with Crippen LogP contribution in [0.25, 0.3) is 0 Å². The highest BCUT2D eigenvalue weighted by molar-refractivity contribution is 5.94. The van der Waals surface area contributed by atoms with E-state index in [9.17, 15) is 14.4 Å². The van der Waals surface area contributed by atoms with Gasteiger partial charge >= 0.3 is 11.9 Å². The zero-order valence-corrected chi connectivity index (χ0v) is 20.5. The van der Waals surface area contributed by atoms with Crippen molar-refractivity contribution in [3.8, 4) is 17.2 Å². The molecule has 0 fully saturated rings. The molecule has 0 atom stereocenters. The Morgan fingerprint density at radius 1 is 0.737 bits per heavy atom. The number of benzene rings is 4. The van der Waals surface area contributed by atoms with Gasteiger partial charge in [0.15, 0.2) is 6.61 Å². The first kappa shape index (κ1) is 25.8. The number of hydrogen-bond donors (Lipinski definition) is 1. The van der Waals surface area contributed by atoms with Gasteiger partial charge in [0.05, 0.1) is 17.3 Å². The second-order valence-electron chi connectivity index (χ2n) is 8.11. The number of amides is 1. The molecule has 0 heterocycles. The summed E-state index contributed by atoms with van der Waals surface area (Å²) in [4.78, 5) is 37.3. The lowest BCUT2D eigenvalue weighted by Crippen LogP contribution is -2.24. The van der Waals surface area contributed by atoms with E-state index in [4.69, 9.17) is 14.2 Å². The minimum atomic E-state index is -0.609. The minimum absolute atomic E-state index is 0.0891. The van der Waals surface area contributed by atoms with Crippen LogP contribution in [0.4, 0.5) is 0 Å². The third-order valence-electron chi connectivity index (χ3n) is 5.17. The molecule has 0 unspecified atom stereocenters. The van der Waals surface area contributed by atoms with E-state index in [-0.39, 0.29) is 18.1 Å². The van der Waals surface area contributed by atoms with E-state index >= 15 is 0 Å². The Kier molecular flexibility index (Phi) is 8.60. The molecule has 190 valence electrons. The van der Waals surface area contributed by atoms with Gasteiger partial charge in [-0.3, -0.25) is 4.79 Å². The van der Waals surface area contributed by atoms with E-state index in [0.29, 0.717) is 22.4 Å². The maximum Gasteiger partial charge on any atom is 0.343 e. The predicted octanol–water partition coefficient (Wildman–Crippen LogP) is 4.96. The number of ether oxygens (including phenoxy) is 3. The highest BCUT2D eigenvalue weighted by Gasteiger charge is 2.15. The van der Waals surface area contributed by atoms with Crippen molar-refractivity contribution in [1.82, 2.24) is 5.43 Å². The molecule has 0 saturated heterocycles. The van der Waals surface area contributed by atoms with E-state index in [0.717, 1.165) is 5.56 Å². The molecule has 4 rings (SSSR count). The maximum absolute atomic E-state index is 12.7. The summed E-state index contributed by atoms with van der Waals surface area (Å²) >= 11 is 0. The summed E-state index contributed by atoms with van der Waals surface area (Å²) in [5.41, 5.74) is 4.46. The van der Waals surface area contributed by atoms with Crippen molar-refractivity contribution in [2.75, 3.05) is 6.61 Å². The van der Waals surface area contributed by atoms with Gasteiger partial charge in [0.1, 0.15) is 17.2 Å². The van der Waals surface area contributed by atoms with Gasteiger partial charge < -0.3 is 14.2 Å². The average Bonchev–Trinajstić information content (AvgIpc) is 2.94. The Morgan fingerprint density at radius 3 is 2.05 bits per heavy atom. The van der Waals surface area contributed by atoms with Crippen molar-refractivity contribution >= 4 is 24.1 Å². The number of nitrogens with zero attached hydrogens (tertiary/aromatic N) is 1. The number of nitrogens with one attached hydrogen (secondary N) is 1. The van der Waals surface area contributed by atoms with E-state index in [1.54, 1.807) is 72.8 Å². The average molecular weight is 509 g/mol. The quantitative estimate of drug-likeness (QED) is 0.148. The molecule has 1 N–H and O–H groups in total. The number of aryl methyl sites for hydroxylation is 1. The molecule has 0 saturated carbocycles. The summed E-state index contributed by atoms with van der Waals surface area (Å²) < 4.78 is 16.5. The molecule has 4 aromatic rings. The molecular weight excluding hydrogens is 484 g/mol. The molecule has 0 aliphatic carbocycles. The summed E-state index contributed by atoms with van der Waals surface area (Å²) in [7, 11) is 0. The number of hydrogen-bond acceptors (Lipinski definition) is 7.